The monoisotopic (exact) mass is 227 g/mol. The topological polar surface area (TPSA) is 52.3 Å². The molecule has 16 heavy (non-hydrogen) atoms. The fourth-order valence-electron chi connectivity index (χ4n) is 2.08. The number of ether oxygens (including phenoxy) is 1. The van der Waals surface area contributed by atoms with E-state index in [1.165, 1.54) is 19.3 Å². The van der Waals surface area contributed by atoms with Crippen LogP contribution in [0.25, 0.3) is 0 Å². The number of hydrogen-bond donors (Lipinski definition) is 1. The highest BCUT2D eigenvalue weighted by molar-refractivity contribution is 5.72. The Morgan fingerprint density at radius 3 is 2.56 bits per heavy atom. The van der Waals surface area contributed by atoms with Crippen LogP contribution < -0.4 is 5.73 Å². The number of carbonyl (C=O) groups excluding carboxylic acids is 1. The molecule has 3 nitrogen and oxygen atoms in total. The van der Waals surface area contributed by atoms with Gasteiger partial charge in [-0.1, -0.05) is 33.1 Å². The van der Waals surface area contributed by atoms with Gasteiger partial charge in [0.2, 0.25) is 0 Å². The molecule has 0 heterocycles. The minimum Gasteiger partial charge on any atom is -0.465 e. The molecule has 0 aromatic heterocycles. The minimum absolute atomic E-state index is 0.101. The maximum Gasteiger partial charge on any atom is 0.310 e. The summed E-state index contributed by atoms with van der Waals surface area (Å²) < 4.78 is 5.28. The number of esters is 1. The van der Waals surface area contributed by atoms with Gasteiger partial charge in [0, 0.05) is 6.54 Å². The van der Waals surface area contributed by atoms with E-state index >= 15 is 0 Å². The van der Waals surface area contributed by atoms with Crippen LogP contribution in [0.1, 0.15) is 46.0 Å². The molecule has 1 saturated carbocycles. The molecular formula is C13H25NO2. The smallest absolute Gasteiger partial charge is 0.310 e. The van der Waals surface area contributed by atoms with E-state index in [2.05, 4.69) is 13.8 Å². The zero-order chi connectivity index (χ0) is 12.0. The van der Waals surface area contributed by atoms with Crippen molar-refractivity contribution in [3.63, 3.8) is 0 Å². The van der Waals surface area contributed by atoms with Crippen LogP contribution in [0.5, 0.6) is 0 Å². The van der Waals surface area contributed by atoms with Crippen molar-refractivity contribution >= 4 is 5.97 Å². The van der Waals surface area contributed by atoms with Crippen LogP contribution in [0.4, 0.5) is 0 Å². The molecule has 0 aliphatic heterocycles. The van der Waals surface area contributed by atoms with Crippen LogP contribution >= 0.6 is 0 Å². The van der Waals surface area contributed by atoms with E-state index in [9.17, 15) is 4.79 Å². The van der Waals surface area contributed by atoms with Crippen LogP contribution in [-0.2, 0) is 9.53 Å². The summed E-state index contributed by atoms with van der Waals surface area (Å²) >= 11 is 0. The van der Waals surface area contributed by atoms with Crippen molar-refractivity contribution < 1.29 is 9.53 Å². The summed E-state index contributed by atoms with van der Waals surface area (Å²) in [6.45, 7) is 5.19. The van der Waals surface area contributed by atoms with Crippen molar-refractivity contribution in [2.45, 2.75) is 46.0 Å². The molecule has 1 aliphatic rings. The van der Waals surface area contributed by atoms with Gasteiger partial charge in [-0.2, -0.15) is 0 Å². The third kappa shape index (κ3) is 4.52. The Balaban J connectivity index is 2.15. The van der Waals surface area contributed by atoms with E-state index in [0.717, 1.165) is 18.8 Å². The van der Waals surface area contributed by atoms with E-state index in [-0.39, 0.29) is 11.9 Å². The fourth-order valence-corrected chi connectivity index (χ4v) is 2.08. The molecule has 94 valence electrons. The van der Waals surface area contributed by atoms with Crippen molar-refractivity contribution in [2.75, 3.05) is 13.2 Å². The van der Waals surface area contributed by atoms with Crippen molar-refractivity contribution in [1.82, 2.24) is 0 Å². The molecule has 1 aliphatic carbocycles. The van der Waals surface area contributed by atoms with Crippen LogP contribution in [0.3, 0.4) is 0 Å². The molecule has 0 radical (unpaired) electrons. The normalized spacial score (nSPS) is 18.2. The van der Waals surface area contributed by atoms with Gasteiger partial charge in [0.15, 0.2) is 0 Å². The Hall–Kier alpha value is -0.570. The van der Waals surface area contributed by atoms with Crippen molar-refractivity contribution in [2.24, 2.45) is 23.5 Å². The first-order valence-electron chi connectivity index (χ1n) is 6.50. The Morgan fingerprint density at radius 1 is 1.44 bits per heavy atom. The SMILES string of the molecule is CC(C)CC(CN)C(=O)OCCC1CCC1. The molecule has 0 saturated heterocycles. The first-order chi connectivity index (χ1) is 7.63. The van der Waals surface area contributed by atoms with Gasteiger partial charge in [-0.15, -0.1) is 0 Å². The van der Waals surface area contributed by atoms with Crippen molar-refractivity contribution in [3.8, 4) is 0 Å². The molecule has 3 heteroatoms. The third-order valence-electron chi connectivity index (χ3n) is 3.37. The number of rotatable bonds is 7. The molecule has 1 atom stereocenters. The van der Waals surface area contributed by atoms with Crippen LogP contribution in [0, 0.1) is 17.8 Å². The molecule has 0 spiro atoms. The maximum absolute atomic E-state index is 11.7. The quantitative estimate of drug-likeness (QED) is 0.679. The summed E-state index contributed by atoms with van der Waals surface area (Å²) in [6.07, 6.45) is 5.83. The number of hydrogen-bond acceptors (Lipinski definition) is 3. The Kier molecular flexibility index (Phi) is 5.81. The largest absolute Gasteiger partial charge is 0.465 e. The average Bonchev–Trinajstić information content (AvgIpc) is 2.17. The highest BCUT2D eigenvalue weighted by atomic mass is 16.5. The van der Waals surface area contributed by atoms with E-state index in [1.807, 2.05) is 0 Å². The summed E-state index contributed by atoms with van der Waals surface area (Å²) in [5.41, 5.74) is 5.59. The highest BCUT2D eigenvalue weighted by Crippen LogP contribution is 2.29. The van der Waals surface area contributed by atoms with Gasteiger partial charge in [0.05, 0.1) is 12.5 Å². The molecule has 2 N–H and O–H groups in total. The lowest BCUT2D eigenvalue weighted by molar-refractivity contribution is -0.149. The van der Waals surface area contributed by atoms with Crippen LogP contribution in [0.2, 0.25) is 0 Å². The van der Waals surface area contributed by atoms with Gasteiger partial charge in [-0.25, -0.2) is 0 Å². The molecule has 1 unspecified atom stereocenters. The Bertz CT molecular complexity index is 212. The van der Waals surface area contributed by atoms with E-state index < -0.39 is 0 Å². The highest BCUT2D eigenvalue weighted by Gasteiger charge is 2.21. The summed E-state index contributed by atoms with van der Waals surface area (Å²) in [5.74, 6) is 1.08. The second-order valence-corrected chi connectivity index (χ2v) is 5.32. The van der Waals surface area contributed by atoms with E-state index in [4.69, 9.17) is 10.5 Å². The summed E-state index contributed by atoms with van der Waals surface area (Å²) in [6, 6.07) is 0. The molecule has 0 aromatic rings. The maximum atomic E-state index is 11.7. The van der Waals surface area contributed by atoms with Gasteiger partial charge in [-0.05, 0) is 24.7 Å². The lowest BCUT2D eigenvalue weighted by Crippen LogP contribution is -2.28. The first-order valence-corrected chi connectivity index (χ1v) is 6.50. The Morgan fingerprint density at radius 2 is 2.12 bits per heavy atom. The molecule has 1 rings (SSSR count). The predicted octanol–water partition coefficient (Wildman–Crippen LogP) is 2.34. The lowest BCUT2D eigenvalue weighted by Gasteiger charge is -2.25. The minimum atomic E-state index is -0.110. The summed E-state index contributed by atoms with van der Waals surface area (Å²) in [7, 11) is 0. The average molecular weight is 227 g/mol. The predicted molar refractivity (Wildman–Crippen MR) is 64.9 cm³/mol. The van der Waals surface area contributed by atoms with Crippen LogP contribution in [-0.4, -0.2) is 19.1 Å². The number of carbonyl (C=O) groups is 1. The first kappa shape index (κ1) is 13.5. The third-order valence-corrected chi connectivity index (χ3v) is 3.37. The van der Waals surface area contributed by atoms with E-state index in [1.54, 1.807) is 0 Å². The van der Waals surface area contributed by atoms with Crippen molar-refractivity contribution in [3.05, 3.63) is 0 Å². The number of nitrogens with two attached hydrogens (primary N) is 1. The molecular weight excluding hydrogens is 202 g/mol. The van der Waals surface area contributed by atoms with Gasteiger partial charge >= 0.3 is 5.97 Å². The molecule has 1 fully saturated rings. The molecule has 0 bridgehead atoms. The van der Waals surface area contributed by atoms with Crippen molar-refractivity contribution in [1.29, 1.82) is 0 Å². The lowest BCUT2D eigenvalue weighted by atomic mass is 9.83. The van der Waals surface area contributed by atoms with Crippen LogP contribution in [0.15, 0.2) is 0 Å². The van der Waals surface area contributed by atoms with Gasteiger partial charge in [0.1, 0.15) is 0 Å². The molecule has 0 amide bonds. The fraction of sp³-hybridized carbons (Fsp3) is 0.923. The van der Waals surface area contributed by atoms with Gasteiger partial charge in [-0.3, -0.25) is 4.79 Å². The zero-order valence-electron chi connectivity index (χ0n) is 10.6. The second kappa shape index (κ2) is 6.89. The Labute approximate surface area is 98.7 Å². The van der Waals surface area contributed by atoms with E-state index in [0.29, 0.717) is 19.1 Å². The second-order valence-electron chi connectivity index (χ2n) is 5.32. The van der Waals surface area contributed by atoms with Gasteiger partial charge < -0.3 is 10.5 Å². The summed E-state index contributed by atoms with van der Waals surface area (Å²) in [5, 5.41) is 0. The molecule has 0 aromatic carbocycles. The van der Waals surface area contributed by atoms with Gasteiger partial charge in [0.25, 0.3) is 0 Å². The standard InChI is InChI=1S/C13H25NO2/c1-10(2)8-12(9-14)13(15)16-7-6-11-4-3-5-11/h10-12H,3-9,14H2,1-2H3. The summed E-state index contributed by atoms with van der Waals surface area (Å²) in [4.78, 5) is 11.7. The zero-order valence-corrected chi connectivity index (χ0v) is 10.6.